The normalized spacial score (nSPS) is 12.9. The number of halogens is 3. The summed E-state index contributed by atoms with van der Waals surface area (Å²) in [4.78, 5) is 19.8. The van der Waals surface area contributed by atoms with Crippen LogP contribution in [0, 0.1) is 0 Å². The van der Waals surface area contributed by atoms with E-state index in [1.165, 1.54) is 30.2 Å². The lowest BCUT2D eigenvalue weighted by molar-refractivity contribution is -0.138. The summed E-state index contributed by atoms with van der Waals surface area (Å²) in [5, 5.41) is 9.42. The topological polar surface area (TPSA) is 89.1 Å². The summed E-state index contributed by atoms with van der Waals surface area (Å²) in [5.41, 5.74) is 6.03. The monoisotopic (exact) mass is 407 g/mol. The Bertz CT molecular complexity index is 1010. The van der Waals surface area contributed by atoms with Gasteiger partial charge in [0.05, 0.1) is 11.3 Å². The van der Waals surface area contributed by atoms with Gasteiger partial charge in [-0.3, -0.25) is 14.8 Å². The van der Waals surface area contributed by atoms with Crippen LogP contribution in [0.25, 0.3) is 10.8 Å². The fourth-order valence-electron chi connectivity index (χ4n) is 2.72. The molecule has 9 heteroatoms. The molecule has 1 aromatic carbocycles. The highest BCUT2D eigenvalue weighted by Crippen LogP contribution is 2.37. The van der Waals surface area contributed by atoms with Gasteiger partial charge in [0.1, 0.15) is 6.04 Å². The first-order chi connectivity index (χ1) is 13.3. The van der Waals surface area contributed by atoms with Gasteiger partial charge in [-0.1, -0.05) is 18.2 Å². The largest absolute Gasteiger partial charge is 0.480 e. The molecule has 3 aromatic rings. The minimum Gasteiger partial charge on any atom is -0.480 e. The van der Waals surface area contributed by atoms with Gasteiger partial charge in [-0.15, -0.1) is 11.8 Å². The molecule has 0 aliphatic carbocycles. The van der Waals surface area contributed by atoms with E-state index in [0.717, 1.165) is 6.07 Å². The predicted molar refractivity (Wildman–Crippen MR) is 99.9 cm³/mol. The standard InChI is InChI=1S/C19H16F3N3O2S/c20-19(21,22)15-6-2-5-13-14(15)8-24-9-17(13)28-10-12-4-1-3-11(25-12)7-16(23)18(26)27/h1-6,8-9,16H,7,10,23H2,(H,26,27). The third kappa shape index (κ3) is 4.60. The number of aliphatic carboxylic acids is 1. The summed E-state index contributed by atoms with van der Waals surface area (Å²) in [5.74, 6) is -0.712. The molecule has 28 heavy (non-hydrogen) atoms. The predicted octanol–water partition coefficient (Wildman–Crippen LogP) is 3.90. The van der Waals surface area contributed by atoms with Crippen LogP contribution in [-0.2, 0) is 23.1 Å². The first-order valence-electron chi connectivity index (χ1n) is 8.25. The molecule has 0 spiro atoms. The molecule has 0 fully saturated rings. The summed E-state index contributed by atoms with van der Waals surface area (Å²) < 4.78 is 39.6. The zero-order chi connectivity index (χ0) is 20.3. The van der Waals surface area contributed by atoms with Crippen LogP contribution >= 0.6 is 11.8 Å². The molecule has 146 valence electrons. The van der Waals surface area contributed by atoms with Crippen molar-refractivity contribution in [3.63, 3.8) is 0 Å². The van der Waals surface area contributed by atoms with Crippen molar-refractivity contribution < 1.29 is 23.1 Å². The number of alkyl halides is 3. The number of carbonyl (C=O) groups is 1. The molecule has 0 radical (unpaired) electrons. The molecule has 5 nitrogen and oxygen atoms in total. The van der Waals surface area contributed by atoms with Crippen molar-refractivity contribution in [2.45, 2.75) is 29.3 Å². The smallest absolute Gasteiger partial charge is 0.417 e. The minimum atomic E-state index is -4.46. The number of carboxylic acids is 1. The van der Waals surface area contributed by atoms with E-state index in [4.69, 9.17) is 10.8 Å². The molecule has 0 saturated carbocycles. The highest BCUT2D eigenvalue weighted by Gasteiger charge is 2.32. The second-order valence-corrected chi connectivity index (χ2v) is 7.11. The number of hydrogen-bond acceptors (Lipinski definition) is 5. The average Bonchev–Trinajstić information content (AvgIpc) is 2.65. The zero-order valence-electron chi connectivity index (χ0n) is 14.5. The molecule has 0 amide bonds. The first kappa shape index (κ1) is 20.1. The number of fused-ring (bicyclic) bond motifs is 1. The fraction of sp³-hybridized carbons (Fsp3) is 0.211. The number of aromatic nitrogens is 2. The summed E-state index contributed by atoms with van der Waals surface area (Å²) in [6.45, 7) is 0. The molecule has 0 saturated heterocycles. The molecule has 0 bridgehead atoms. The van der Waals surface area contributed by atoms with E-state index in [1.54, 1.807) is 24.3 Å². The fourth-order valence-corrected chi connectivity index (χ4v) is 3.65. The van der Waals surface area contributed by atoms with E-state index in [2.05, 4.69) is 9.97 Å². The Morgan fingerprint density at radius 1 is 1.11 bits per heavy atom. The van der Waals surface area contributed by atoms with Crippen molar-refractivity contribution in [3.05, 3.63) is 65.7 Å². The number of nitrogens with zero attached hydrogens (tertiary/aromatic N) is 2. The quantitative estimate of drug-likeness (QED) is 0.603. The lowest BCUT2D eigenvalue weighted by Gasteiger charge is -2.12. The SMILES string of the molecule is NC(Cc1cccc(CSc2cncc3c(C(F)(F)F)cccc23)n1)C(=O)O. The second-order valence-electron chi connectivity index (χ2n) is 6.09. The van der Waals surface area contributed by atoms with Crippen molar-refractivity contribution in [3.8, 4) is 0 Å². The number of pyridine rings is 2. The van der Waals surface area contributed by atoms with Crippen molar-refractivity contribution in [1.82, 2.24) is 9.97 Å². The van der Waals surface area contributed by atoms with Gasteiger partial charge >= 0.3 is 12.1 Å². The van der Waals surface area contributed by atoms with Gasteiger partial charge in [0, 0.05) is 40.5 Å². The number of rotatable bonds is 6. The number of thioether (sulfide) groups is 1. The highest BCUT2D eigenvalue weighted by atomic mass is 32.2. The number of hydrogen-bond donors (Lipinski definition) is 2. The minimum absolute atomic E-state index is 0.0501. The van der Waals surface area contributed by atoms with E-state index >= 15 is 0 Å². The maximum atomic E-state index is 13.2. The Kier molecular flexibility index (Phi) is 5.85. The van der Waals surface area contributed by atoms with Gasteiger partial charge in [-0.25, -0.2) is 0 Å². The van der Waals surface area contributed by atoms with E-state index in [1.807, 2.05) is 0 Å². The maximum Gasteiger partial charge on any atom is 0.417 e. The number of benzene rings is 1. The molecule has 0 aliphatic rings. The molecule has 3 rings (SSSR count). The number of carboxylic acid groups (broad SMARTS) is 1. The van der Waals surface area contributed by atoms with E-state index < -0.39 is 23.8 Å². The van der Waals surface area contributed by atoms with Crippen LogP contribution in [0.5, 0.6) is 0 Å². The third-order valence-electron chi connectivity index (χ3n) is 4.06. The van der Waals surface area contributed by atoms with Gasteiger partial charge in [-0.05, 0) is 23.6 Å². The van der Waals surface area contributed by atoms with Crippen molar-refractivity contribution >= 4 is 28.5 Å². The lowest BCUT2D eigenvalue weighted by atomic mass is 10.1. The molecule has 3 N–H and O–H groups in total. The van der Waals surface area contributed by atoms with Crippen molar-refractivity contribution in [2.75, 3.05) is 0 Å². The van der Waals surface area contributed by atoms with Crippen LogP contribution in [0.3, 0.4) is 0 Å². The Morgan fingerprint density at radius 3 is 2.54 bits per heavy atom. The lowest BCUT2D eigenvalue weighted by Crippen LogP contribution is -2.32. The Morgan fingerprint density at radius 2 is 1.82 bits per heavy atom. The summed E-state index contributed by atoms with van der Waals surface area (Å²) in [6, 6.07) is 8.20. The summed E-state index contributed by atoms with van der Waals surface area (Å²) in [6.07, 6.45) is -1.62. The van der Waals surface area contributed by atoms with Crippen LogP contribution in [-0.4, -0.2) is 27.1 Å². The van der Waals surface area contributed by atoms with Gasteiger partial charge in [0.2, 0.25) is 0 Å². The van der Waals surface area contributed by atoms with Crippen molar-refractivity contribution in [2.24, 2.45) is 5.73 Å². The van der Waals surface area contributed by atoms with Gasteiger partial charge < -0.3 is 10.8 Å². The van der Waals surface area contributed by atoms with Gasteiger partial charge in [0.15, 0.2) is 0 Å². The second kappa shape index (κ2) is 8.15. The first-order valence-corrected chi connectivity index (χ1v) is 9.24. The summed E-state index contributed by atoms with van der Waals surface area (Å²) in [7, 11) is 0. The van der Waals surface area contributed by atoms with E-state index in [9.17, 15) is 18.0 Å². The molecule has 0 aliphatic heterocycles. The average molecular weight is 407 g/mol. The van der Waals surface area contributed by atoms with Crippen LogP contribution in [0.4, 0.5) is 13.2 Å². The van der Waals surface area contributed by atoms with Crippen LogP contribution in [0.2, 0.25) is 0 Å². The maximum absolute atomic E-state index is 13.2. The Hall–Kier alpha value is -2.65. The van der Waals surface area contributed by atoms with E-state index in [0.29, 0.717) is 27.4 Å². The third-order valence-corrected chi connectivity index (χ3v) is 5.14. The molecule has 2 heterocycles. The van der Waals surface area contributed by atoms with Crippen LogP contribution in [0.15, 0.2) is 53.7 Å². The summed E-state index contributed by atoms with van der Waals surface area (Å²) >= 11 is 1.32. The van der Waals surface area contributed by atoms with Crippen LogP contribution < -0.4 is 5.73 Å². The molecule has 1 unspecified atom stereocenters. The molecule has 2 aromatic heterocycles. The molecular weight excluding hydrogens is 391 g/mol. The van der Waals surface area contributed by atoms with Gasteiger partial charge in [-0.2, -0.15) is 13.2 Å². The van der Waals surface area contributed by atoms with Crippen molar-refractivity contribution in [1.29, 1.82) is 0 Å². The van der Waals surface area contributed by atoms with Gasteiger partial charge in [0.25, 0.3) is 0 Å². The highest BCUT2D eigenvalue weighted by molar-refractivity contribution is 7.98. The van der Waals surface area contributed by atoms with E-state index in [-0.39, 0.29) is 11.8 Å². The molecule has 1 atom stereocenters. The Labute approximate surface area is 162 Å². The molecular formula is C19H16F3N3O2S. The number of nitrogens with two attached hydrogens (primary N) is 1. The van der Waals surface area contributed by atoms with Crippen LogP contribution in [0.1, 0.15) is 17.0 Å². The zero-order valence-corrected chi connectivity index (χ0v) is 15.3. The Balaban J connectivity index is 1.82.